The minimum Gasteiger partial charge on any atom is -0.325 e. The molecule has 0 aliphatic heterocycles. The van der Waals surface area contributed by atoms with Gasteiger partial charge in [0.2, 0.25) is 5.91 Å². The van der Waals surface area contributed by atoms with Gasteiger partial charge in [-0.1, -0.05) is 31.9 Å². The van der Waals surface area contributed by atoms with Gasteiger partial charge in [0, 0.05) is 15.9 Å². The van der Waals surface area contributed by atoms with E-state index in [-0.39, 0.29) is 5.91 Å². The SMILES string of the molecule is CCC(C)CC(=O)Nc1ccc(Cl)cc1Br. The fourth-order valence-corrected chi connectivity index (χ4v) is 2.03. The van der Waals surface area contributed by atoms with Crippen molar-refractivity contribution in [3.05, 3.63) is 27.7 Å². The van der Waals surface area contributed by atoms with Gasteiger partial charge >= 0.3 is 0 Å². The number of carbonyl (C=O) groups excluding carboxylic acids is 1. The largest absolute Gasteiger partial charge is 0.325 e. The number of nitrogens with one attached hydrogen (secondary N) is 1. The highest BCUT2D eigenvalue weighted by Gasteiger charge is 2.09. The highest BCUT2D eigenvalue weighted by atomic mass is 79.9. The fourth-order valence-electron chi connectivity index (χ4n) is 1.25. The Labute approximate surface area is 110 Å². The lowest BCUT2D eigenvalue weighted by Gasteiger charge is -2.10. The molecule has 2 nitrogen and oxygen atoms in total. The highest BCUT2D eigenvalue weighted by molar-refractivity contribution is 9.10. The molecule has 0 aliphatic rings. The van der Waals surface area contributed by atoms with Gasteiger partial charge in [-0.25, -0.2) is 0 Å². The Morgan fingerprint density at radius 3 is 2.81 bits per heavy atom. The molecule has 0 saturated carbocycles. The van der Waals surface area contributed by atoms with E-state index < -0.39 is 0 Å². The Morgan fingerprint density at radius 2 is 2.25 bits per heavy atom. The van der Waals surface area contributed by atoms with E-state index in [0.29, 0.717) is 17.4 Å². The molecule has 0 aliphatic carbocycles. The first kappa shape index (κ1) is 13.5. The third-order valence-electron chi connectivity index (χ3n) is 2.44. The lowest BCUT2D eigenvalue weighted by atomic mass is 10.1. The second-order valence-electron chi connectivity index (χ2n) is 3.89. The third-order valence-corrected chi connectivity index (χ3v) is 3.33. The number of carbonyl (C=O) groups is 1. The lowest BCUT2D eigenvalue weighted by molar-refractivity contribution is -0.117. The normalized spacial score (nSPS) is 12.2. The number of halogens is 2. The second kappa shape index (κ2) is 6.26. The Balaban J connectivity index is 2.63. The Bertz CT molecular complexity index is 381. The van der Waals surface area contributed by atoms with Crippen molar-refractivity contribution >= 4 is 39.1 Å². The molecule has 88 valence electrons. The smallest absolute Gasteiger partial charge is 0.224 e. The van der Waals surface area contributed by atoms with Crippen LogP contribution in [0.5, 0.6) is 0 Å². The van der Waals surface area contributed by atoms with Crippen LogP contribution in [0.25, 0.3) is 0 Å². The van der Waals surface area contributed by atoms with E-state index in [4.69, 9.17) is 11.6 Å². The molecule has 0 radical (unpaired) electrons. The molecule has 1 rings (SSSR count). The fraction of sp³-hybridized carbons (Fsp3) is 0.417. The molecule has 1 N–H and O–H groups in total. The molecule has 1 amide bonds. The number of amides is 1. The molecule has 1 unspecified atom stereocenters. The topological polar surface area (TPSA) is 29.1 Å². The van der Waals surface area contributed by atoms with Crippen LogP contribution in [0.2, 0.25) is 5.02 Å². The van der Waals surface area contributed by atoms with Gasteiger partial charge in [-0.2, -0.15) is 0 Å². The highest BCUT2D eigenvalue weighted by Crippen LogP contribution is 2.26. The molecular weight excluding hydrogens is 289 g/mol. The van der Waals surface area contributed by atoms with Crippen molar-refractivity contribution in [2.75, 3.05) is 5.32 Å². The average Bonchev–Trinajstić information content (AvgIpc) is 2.22. The van der Waals surface area contributed by atoms with E-state index in [1.807, 2.05) is 0 Å². The van der Waals surface area contributed by atoms with E-state index in [9.17, 15) is 4.79 Å². The molecule has 1 aromatic carbocycles. The first-order valence-corrected chi connectivity index (χ1v) is 6.45. The number of hydrogen-bond donors (Lipinski definition) is 1. The number of hydrogen-bond acceptors (Lipinski definition) is 1. The van der Waals surface area contributed by atoms with Gasteiger partial charge in [0.05, 0.1) is 5.69 Å². The second-order valence-corrected chi connectivity index (χ2v) is 5.18. The zero-order valence-corrected chi connectivity index (χ0v) is 11.7. The van der Waals surface area contributed by atoms with E-state index >= 15 is 0 Å². The number of anilines is 1. The lowest BCUT2D eigenvalue weighted by Crippen LogP contribution is -2.15. The first-order chi connectivity index (χ1) is 7.52. The standard InChI is InChI=1S/C12H15BrClNO/c1-3-8(2)6-12(16)15-11-5-4-9(14)7-10(11)13/h4-5,7-8H,3,6H2,1-2H3,(H,15,16). The summed E-state index contributed by atoms with van der Waals surface area (Å²) in [7, 11) is 0. The molecule has 0 saturated heterocycles. The van der Waals surface area contributed by atoms with Crippen molar-refractivity contribution in [3.8, 4) is 0 Å². The van der Waals surface area contributed by atoms with E-state index in [1.165, 1.54) is 0 Å². The summed E-state index contributed by atoms with van der Waals surface area (Å²) >= 11 is 9.18. The summed E-state index contributed by atoms with van der Waals surface area (Å²) < 4.78 is 0.803. The monoisotopic (exact) mass is 303 g/mol. The van der Waals surface area contributed by atoms with Crippen molar-refractivity contribution in [2.24, 2.45) is 5.92 Å². The quantitative estimate of drug-likeness (QED) is 0.873. The predicted molar refractivity (Wildman–Crippen MR) is 71.9 cm³/mol. The first-order valence-electron chi connectivity index (χ1n) is 5.27. The number of rotatable bonds is 4. The molecular formula is C12H15BrClNO. The van der Waals surface area contributed by atoms with E-state index in [1.54, 1.807) is 18.2 Å². The molecule has 0 heterocycles. The molecule has 0 aromatic heterocycles. The average molecular weight is 305 g/mol. The van der Waals surface area contributed by atoms with Gasteiger partial charge in [-0.05, 0) is 40.0 Å². The molecule has 0 spiro atoms. The Morgan fingerprint density at radius 1 is 1.56 bits per heavy atom. The van der Waals surface area contributed by atoms with Gasteiger partial charge in [0.1, 0.15) is 0 Å². The van der Waals surface area contributed by atoms with E-state index in [2.05, 4.69) is 35.1 Å². The van der Waals surface area contributed by atoms with Gasteiger partial charge in [0.25, 0.3) is 0 Å². The van der Waals surface area contributed by atoms with Crippen LogP contribution in [0.4, 0.5) is 5.69 Å². The summed E-state index contributed by atoms with van der Waals surface area (Å²) in [5.41, 5.74) is 0.762. The van der Waals surface area contributed by atoms with Gasteiger partial charge in [0.15, 0.2) is 0 Å². The zero-order chi connectivity index (χ0) is 12.1. The zero-order valence-electron chi connectivity index (χ0n) is 9.39. The molecule has 16 heavy (non-hydrogen) atoms. The van der Waals surface area contributed by atoms with E-state index in [0.717, 1.165) is 16.6 Å². The maximum absolute atomic E-state index is 11.7. The Kier molecular flexibility index (Phi) is 5.29. The molecule has 0 bridgehead atoms. The third kappa shape index (κ3) is 4.14. The van der Waals surface area contributed by atoms with Crippen molar-refractivity contribution < 1.29 is 4.79 Å². The summed E-state index contributed by atoms with van der Waals surface area (Å²) in [5, 5.41) is 3.50. The summed E-state index contributed by atoms with van der Waals surface area (Å²) in [5.74, 6) is 0.448. The van der Waals surface area contributed by atoms with Crippen LogP contribution in [-0.2, 0) is 4.79 Å². The van der Waals surface area contributed by atoms with Crippen LogP contribution in [-0.4, -0.2) is 5.91 Å². The van der Waals surface area contributed by atoms with Crippen molar-refractivity contribution in [1.82, 2.24) is 0 Å². The summed E-state index contributed by atoms with van der Waals surface area (Å²) in [6.45, 7) is 4.15. The molecule has 4 heteroatoms. The predicted octanol–water partition coefficient (Wildman–Crippen LogP) is 4.48. The molecule has 1 aromatic rings. The Hall–Kier alpha value is -0.540. The van der Waals surface area contributed by atoms with Gasteiger partial charge in [-0.3, -0.25) is 4.79 Å². The van der Waals surface area contributed by atoms with Crippen molar-refractivity contribution in [1.29, 1.82) is 0 Å². The molecule has 0 fully saturated rings. The molecule has 1 atom stereocenters. The van der Waals surface area contributed by atoms with Gasteiger partial charge in [-0.15, -0.1) is 0 Å². The van der Waals surface area contributed by atoms with Crippen LogP contribution >= 0.6 is 27.5 Å². The minimum atomic E-state index is 0.0392. The van der Waals surface area contributed by atoms with Crippen LogP contribution in [0, 0.1) is 5.92 Å². The number of benzene rings is 1. The van der Waals surface area contributed by atoms with Crippen molar-refractivity contribution in [3.63, 3.8) is 0 Å². The van der Waals surface area contributed by atoms with Crippen molar-refractivity contribution in [2.45, 2.75) is 26.7 Å². The summed E-state index contributed by atoms with van der Waals surface area (Å²) in [6.07, 6.45) is 1.56. The van der Waals surface area contributed by atoms with Crippen LogP contribution in [0.3, 0.4) is 0 Å². The maximum Gasteiger partial charge on any atom is 0.224 e. The summed E-state index contributed by atoms with van der Waals surface area (Å²) in [6, 6.07) is 5.31. The maximum atomic E-state index is 11.7. The van der Waals surface area contributed by atoms with Crippen LogP contribution < -0.4 is 5.32 Å². The summed E-state index contributed by atoms with van der Waals surface area (Å²) in [4.78, 5) is 11.7. The minimum absolute atomic E-state index is 0.0392. The van der Waals surface area contributed by atoms with Crippen LogP contribution in [0.15, 0.2) is 22.7 Å². The van der Waals surface area contributed by atoms with Crippen LogP contribution in [0.1, 0.15) is 26.7 Å². The van der Waals surface area contributed by atoms with Gasteiger partial charge < -0.3 is 5.32 Å².